The number of nitrogens with zero attached hydrogens (tertiary/aromatic N) is 1. The van der Waals surface area contributed by atoms with Crippen molar-refractivity contribution >= 4 is 19.0 Å². The predicted octanol–water partition coefficient (Wildman–Crippen LogP) is 8.63. The molecule has 2 aliphatic rings. The summed E-state index contributed by atoms with van der Waals surface area (Å²) in [5.41, 5.74) is 3.25. The fraction of sp³-hybridized carbons (Fsp3) is 0.741. The summed E-state index contributed by atoms with van der Waals surface area (Å²) in [6.45, 7) is 20.6. The Hall–Kier alpha value is -0.960. The largest absolute Gasteiger partial charge is 0.340 e. The van der Waals surface area contributed by atoms with Crippen LogP contribution in [0.4, 0.5) is 5.69 Å². The van der Waals surface area contributed by atoms with Crippen LogP contribution >= 0.6 is 7.60 Å². The minimum atomic E-state index is -3.45. The zero-order valence-corrected chi connectivity index (χ0v) is 22.8. The van der Waals surface area contributed by atoms with Crippen molar-refractivity contribution in [2.45, 2.75) is 117 Å². The van der Waals surface area contributed by atoms with Gasteiger partial charge in [0.2, 0.25) is 0 Å². The first-order chi connectivity index (χ1) is 14.6. The van der Waals surface area contributed by atoms with Crippen molar-refractivity contribution in [1.82, 2.24) is 0 Å². The van der Waals surface area contributed by atoms with Crippen LogP contribution in [0.25, 0.3) is 0 Å². The molecule has 32 heavy (non-hydrogen) atoms. The van der Waals surface area contributed by atoms with E-state index in [0.29, 0.717) is 23.7 Å². The molecule has 3 rings (SSSR count). The second-order valence-corrected chi connectivity index (χ2v) is 14.3. The van der Waals surface area contributed by atoms with Crippen LogP contribution in [-0.4, -0.2) is 22.6 Å². The minimum Gasteiger partial charge on any atom is -0.302 e. The molecule has 0 heterocycles. The van der Waals surface area contributed by atoms with E-state index in [4.69, 9.17) is 14.0 Å². The van der Waals surface area contributed by atoms with Crippen LogP contribution < -0.4 is 0 Å². The highest BCUT2D eigenvalue weighted by Gasteiger charge is 2.57. The lowest BCUT2D eigenvalue weighted by atomic mass is 9.92. The first kappa shape index (κ1) is 25.7. The molecule has 0 spiro atoms. The SMILES string of the molecule is CC(C)c1cccc(C(C)C)c1N=C1C2CCC(C2)C1P(=O)(OC(C)(C)C)OC(C)(C)C. The lowest BCUT2D eigenvalue weighted by Crippen LogP contribution is -2.35. The van der Waals surface area contributed by atoms with Crippen LogP contribution in [0.15, 0.2) is 23.2 Å². The summed E-state index contributed by atoms with van der Waals surface area (Å²) in [7, 11) is -3.45. The van der Waals surface area contributed by atoms with E-state index >= 15 is 0 Å². The Morgan fingerprint density at radius 1 is 0.906 bits per heavy atom. The summed E-state index contributed by atoms with van der Waals surface area (Å²) < 4.78 is 27.2. The highest BCUT2D eigenvalue weighted by molar-refractivity contribution is 7.56. The maximum atomic E-state index is 14.5. The topological polar surface area (TPSA) is 47.9 Å². The summed E-state index contributed by atoms with van der Waals surface area (Å²) in [6.07, 6.45) is 3.23. The molecule has 0 aliphatic heterocycles. The van der Waals surface area contributed by atoms with Crippen LogP contribution in [-0.2, 0) is 13.6 Å². The van der Waals surface area contributed by atoms with Gasteiger partial charge in [-0.15, -0.1) is 0 Å². The van der Waals surface area contributed by atoms with Gasteiger partial charge in [-0.3, -0.25) is 9.56 Å². The molecule has 2 fully saturated rings. The van der Waals surface area contributed by atoms with Gasteiger partial charge in [0.05, 0.1) is 16.9 Å². The van der Waals surface area contributed by atoms with Gasteiger partial charge >= 0.3 is 7.60 Å². The van der Waals surface area contributed by atoms with E-state index in [9.17, 15) is 4.57 Å². The molecular weight excluding hydrogens is 417 g/mol. The Kier molecular flexibility index (Phi) is 7.22. The van der Waals surface area contributed by atoms with Gasteiger partial charge in [0.15, 0.2) is 0 Å². The number of aliphatic imine (C=N–C) groups is 1. The van der Waals surface area contributed by atoms with E-state index in [2.05, 4.69) is 45.9 Å². The van der Waals surface area contributed by atoms with E-state index in [1.54, 1.807) is 0 Å². The van der Waals surface area contributed by atoms with E-state index in [1.807, 2.05) is 41.5 Å². The second-order valence-electron chi connectivity index (χ2n) is 12.3. The van der Waals surface area contributed by atoms with Crippen molar-refractivity contribution < 1.29 is 13.6 Å². The number of hydrogen-bond donors (Lipinski definition) is 0. The summed E-state index contributed by atoms with van der Waals surface area (Å²) in [6, 6.07) is 6.52. The average Bonchev–Trinajstić information content (AvgIpc) is 3.19. The average molecular weight is 462 g/mol. The molecule has 3 unspecified atom stereocenters. The number of fused-ring (bicyclic) bond motifs is 2. The molecule has 2 saturated carbocycles. The number of rotatable bonds is 6. The minimum absolute atomic E-state index is 0.264. The molecule has 180 valence electrons. The number of benzene rings is 1. The maximum absolute atomic E-state index is 14.5. The normalized spacial score (nSPS) is 25.5. The molecule has 2 bridgehead atoms. The molecule has 4 nitrogen and oxygen atoms in total. The lowest BCUT2D eigenvalue weighted by Gasteiger charge is -2.38. The van der Waals surface area contributed by atoms with E-state index < -0.39 is 18.8 Å². The third-order valence-corrected chi connectivity index (χ3v) is 9.34. The molecular formula is C27H44NO3P. The summed E-state index contributed by atoms with van der Waals surface area (Å²) >= 11 is 0. The molecule has 2 aliphatic carbocycles. The van der Waals surface area contributed by atoms with Crippen molar-refractivity contribution in [1.29, 1.82) is 0 Å². The van der Waals surface area contributed by atoms with Gasteiger partial charge < -0.3 is 9.05 Å². The van der Waals surface area contributed by atoms with Crippen LogP contribution in [0, 0.1) is 11.8 Å². The summed E-state index contributed by atoms with van der Waals surface area (Å²) in [5.74, 6) is 1.41. The fourth-order valence-electron chi connectivity index (χ4n) is 5.30. The molecule has 0 radical (unpaired) electrons. The van der Waals surface area contributed by atoms with Crippen molar-refractivity contribution in [3.63, 3.8) is 0 Å². The van der Waals surface area contributed by atoms with Crippen LogP contribution in [0.5, 0.6) is 0 Å². The Labute approximate surface area is 196 Å². The highest BCUT2D eigenvalue weighted by atomic mass is 31.2. The van der Waals surface area contributed by atoms with Crippen molar-refractivity contribution in [3.05, 3.63) is 29.3 Å². The third-order valence-electron chi connectivity index (χ3n) is 6.37. The second kappa shape index (κ2) is 9.01. The van der Waals surface area contributed by atoms with Gasteiger partial charge in [-0.1, -0.05) is 45.9 Å². The smallest absolute Gasteiger partial charge is 0.302 e. The van der Waals surface area contributed by atoms with Crippen molar-refractivity contribution in [2.75, 3.05) is 0 Å². The van der Waals surface area contributed by atoms with Gasteiger partial charge in [-0.25, -0.2) is 0 Å². The molecule has 5 heteroatoms. The predicted molar refractivity (Wildman–Crippen MR) is 136 cm³/mol. The standard InChI is InChI=1S/C27H44NO3P/c1-17(2)21-12-11-13-22(18(3)4)24(21)28-23-19-14-15-20(16-19)25(23)32(29,30-26(5,6)7)31-27(8,9)10/h11-13,17-20,25H,14-16H2,1-10H3. The Morgan fingerprint density at radius 3 is 1.84 bits per heavy atom. The van der Waals surface area contributed by atoms with Crippen molar-refractivity contribution in [2.24, 2.45) is 16.8 Å². The maximum Gasteiger partial charge on any atom is 0.340 e. The molecule has 0 amide bonds. The van der Waals surface area contributed by atoms with Crippen LogP contribution in [0.1, 0.15) is 111 Å². The van der Waals surface area contributed by atoms with Crippen LogP contribution in [0.2, 0.25) is 0 Å². The van der Waals surface area contributed by atoms with Gasteiger partial charge in [0.25, 0.3) is 0 Å². The van der Waals surface area contributed by atoms with Gasteiger partial charge in [0.1, 0.15) is 5.66 Å². The zero-order chi connectivity index (χ0) is 24.1. The first-order valence-corrected chi connectivity index (χ1v) is 13.9. The van der Waals surface area contributed by atoms with Gasteiger partial charge in [-0.2, -0.15) is 0 Å². The summed E-state index contributed by atoms with van der Waals surface area (Å²) in [4.78, 5) is 5.38. The van der Waals surface area contributed by atoms with E-state index in [0.717, 1.165) is 30.7 Å². The molecule has 0 N–H and O–H groups in total. The number of para-hydroxylation sites is 1. The van der Waals surface area contributed by atoms with Crippen LogP contribution in [0.3, 0.4) is 0 Å². The Morgan fingerprint density at radius 2 is 1.41 bits per heavy atom. The number of hydrogen-bond acceptors (Lipinski definition) is 4. The van der Waals surface area contributed by atoms with Gasteiger partial charge in [0, 0.05) is 5.71 Å². The van der Waals surface area contributed by atoms with E-state index in [1.165, 1.54) is 11.1 Å². The monoisotopic (exact) mass is 461 g/mol. The molecule has 1 aromatic carbocycles. The molecule has 0 saturated heterocycles. The molecule has 3 atom stereocenters. The third kappa shape index (κ3) is 5.57. The zero-order valence-electron chi connectivity index (χ0n) is 21.9. The lowest BCUT2D eigenvalue weighted by molar-refractivity contribution is 0.0457. The van der Waals surface area contributed by atoms with Gasteiger partial charge in [-0.05, 0) is 95.6 Å². The first-order valence-electron chi connectivity index (χ1n) is 12.3. The Bertz CT molecular complexity index is 858. The molecule has 0 aromatic heterocycles. The quantitative estimate of drug-likeness (QED) is 0.398. The summed E-state index contributed by atoms with van der Waals surface area (Å²) in [5, 5.41) is 0. The fourth-order valence-corrected chi connectivity index (χ4v) is 8.47. The van der Waals surface area contributed by atoms with E-state index in [-0.39, 0.29) is 5.66 Å². The van der Waals surface area contributed by atoms with Crippen molar-refractivity contribution in [3.8, 4) is 0 Å². The Balaban J connectivity index is 2.18. The highest BCUT2D eigenvalue weighted by Crippen LogP contribution is 2.66. The molecule has 1 aromatic rings.